The van der Waals surface area contributed by atoms with Crippen molar-refractivity contribution in [2.45, 2.75) is 39.5 Å². The molecule has 2 amide bonds. The average Bonchev–Trinajstić information content (AvgIpc) is 2.86. The minimum Gasteiger partial charge on any atom is -0.364 e. The van der Waals surface area contributed by atoms with Crippen molar-refractivity contribution in [1.82, 2.24) is 9.88 Å². The van der Waals surface area contributed by atoms with Crippen molar-refractivity contribution in [3.8, 4) is 0 Å². The van der Waals surface area contributed by atoms with Crippen molar-refractivity contribution >= 4 is 23.2 Å². The Kier molecular flexibility index (Phi) is 4.13. The van der Waals surface area contributed by atoms with Gasteiger partial charge in [-0.3, -0.25) is 9.59 Å². The first-order valence-corrected chi connectivity index (χ1v) is 7.71. The van der Waals surface area contributed by atoms with Gasteiger partial charge < -0.3 is 10.6 Å². The number of hydrogen-bond acceptors (Lipinski definition) is 4. The number of carbonyl (C=O) groups excluding carboxylic acids is 2. The van der Waals surface area contributed by atoms with Crippen molar-refractivity contribution in [3.63, 3.8) is 0 Å². The van der Waals surface area contributed by atoms with Crippen LogP contribution in [0.4, 0.5) is 0 Å². The number of likely N-dealkylation sites (tertiary alicyclic amines) is 1. The third-order valence-corrected chi connectivity index (χ3v) is 4.55. The van der Waals surface area contributed by atoms with Crippen molar-refractivity contribution in [1.29, 1.82) is 0 Å². The number of thiazole rings is 1. The summed E-state index contributed by atoms with van der Waals surface area (Å²) in [6, 6.07) is 0. The SMILES string of the molecule is CC(C)(C)C(=O)N1CCC(c2nc(C(N)=O)cs2)CC1. The second-order valence-electron chi connectivity index (χ2n) is 6.25. The maximum atomic E-state index is 12.2. The summed E-state index contributed by atoms with van der Waals surface area (Å²) < 4.78 is 0. The summed E-state index contributed by atoms with van der Waals surface area (Å²) in [6.07, 6.45) is 1.79. The van der Waals surface area contributed by atoms with Gasteiger partial charge in [0.05, 0.1) is 5.01 Å². The van der Waals surface area contributed by atoms with Crippen LogP contribution in [0.25, 0.3) is 0 Å². The van der Waals surface area contributed by atoms with E-state index in [1.165, 1.54) is 11.3 Å². The Morgan fingerprint density at radius 1 is 1.35 bits per heavy atom. The topological polar surface area (TPSA) is 76.3 Å². The third-order valence-electron chi connectivity index (χ3n) is 3.55. The predicted octanol–water partition coefficient (Wildman–Crippen LogP) is 1.99. The Morgan fingerprint density at radius 3 is 2.40 bits per heavy atom. The van der Waals surface area contributed by atoms with Crippen LogP contribution in [0, 0.1) is 5.41 Å². The summed E-state index contributed by atoms with van der Waals surface area (Å²) in [5.74, 6) is 0.0536. The number of nitrogens with two attached hydrogens (primary N) is 1. The second-order valence-corrected chi connectivity index (χ2v) is 7.14. The molecule has 1 aromatic rings. The monoisotopic (exact) mass is 295 g/mol. The highest BCUT2D eigenvalue weighted by Gasteiger charge is 2.31. The molecule has 0 radical (unpaired) electrons. The van der Waals surface area contributed by atoms with Gasteiger partial charge in [0.1, 0.15) is 5.69 Å². The fourth-order valence-electron chi connectivity index (χ4n) is 2.39. The highest BCUT2D eigenvalue weighted by Crippen LogP contribution is 2.31. The number of nitrogens with zero attached hydrogens (tertiary/aromatic N) is 2. The van der Waals surface area contributed by atoms with Gasteiger partial charge in [-0.15, -0.1) is 11.3 Å². The fourth-order valence-corrected chi connectivity index (χ4v) is 3.37. The number of hydrogen-bond donors (Lipinski definition) is 1. The number of carbonyl (C=O) groups is 2. The number of piperidine rings is 1. The second kappa shape index (κ2) is 5.52. The van der Waals surface area contributed by atoms with Crippen LogP contribution in [0.1, 0.15) is 55.0 Å². The van der Waals surface area contributed by atoms with Gasteiger partial charge >= 0.3 is 0 Å². The molecule has 1 saturated heterocycles. The summed E-state index contributed by atoms with van der Waals surface area (Å²) in [6.45, 7) is 7.35. The minimum atomic E-state index is -0.479. The number of rotatable bonds is 2. The molecule has 110 valence electrons. The molecule has 0 bridgehead atoms. The van der Waals surface area contributed by atoms with Crippen LogP contribution in [0.2, 0.25) is 0 Å². The Morgan fingerprint density at radius 2 is 1.95 bits per heavy atom. The summed E-state index contributed by atoms with van der Waals surface area (Å²) in [7, 11) is 0. The van der Waals surface area contributed by atoms with Crippen LogP contribution in [0.3, 0.4) is 0 Å². The first-order valence-electron chi connectivity index (χ1n) is 6.83. The first kappa shape index (κ1) is 15.0. The Hall–Kier alpha value is -1.43. The molecule has 1 aromatic heterocycles. The van der Waals surface area contributed by atoms with Gasteiger partial charge in [0.2, 0.25) is 5.91 Å². The zero-order valence-corrected chi connectivity index (χ0v) is 13.0. The Balaban J connectivity index is 1.97. The molecular formula is C14H21N3O2S. The molecule has 1 aliphatic rings. The smallest absolute Gasteiger partial charge is 0.268 e. The van der Waals surface area contributed by atoms with Crippen LogP contribution in [0.15, 0.2) is 5.38 Å². The molecule has 0 spiro atoms. The van der Waals surface area contributed by atoms with E-state index in [4.69, 9.17) is 5.73 Å². The van der Waals surface area contributed by atoms with E-state index in [2.05, 4.69) is 4.98 Å². The van der Waals surface area contributed by atoms with Crippen LogP contribution < -0.4 is 5.73 Å². The quantitative estimate of drug-likeness (QED) is 0.906. The van der Waals surface area contributed by atoms with Crippen molar-refractivity contribution in [2.75, 3.05) is 13.1 Å². The third kappa shape index (κ3) is 3.17. The standard InChI is InChI=1S/C14H21N3O2S/c1-14(2,3)13(19)17-6-4-9(5-7-17)12-16-10(8-20-12)11(15)18/h8-9H,4-7H2,1-3H3,(H2,15,18). The van der Waals surface area contributed by atoms with Gasteiger partial charge in [-0.1, -0.05) is 20.8 Å². The van der Waals surface area contributed by atoms with Crippen LogP contribution >= 0.6 is 11.3 Å². The maximum absolute atomic E-state index is 12.2. The van der Waals surface area contributed by atoms with Crippen LogP contribution in [0.5, 0.6) is 0 Å². The number of primary amides is 1. The molecule has 0 unspecified atom stereocenters. The fraction of sp³-hybridized carbons (Fsp3) is 0.643. The minimum absolute atomic E-state index is 0.202. The molecule has 0 atom stereocenters. The lowest BCUT2D eigenvalue weighted by molar-refractivity contribution is -0.140. The average molecular weight is 295 g/mol. The van der Waals surface area contributed by atoms with Gasteiger partial charge in [0.25, 0.3) is 5.91 Å². The summed E-state index contributed by atoms with van der Waals surface area (Å²) in [5, 5.41) is 2.67. The highest BCUT2D eigenvalue weighted by molar-refractivity contribution is 7.09. The lowest BCUT2D eigenvalue weighted by atomic mass is 9.91. The maximum Gasteiger partial charge on any atom is 0.268 e. The summed E-state index contributed by atoms with van der Waals surface area (Å²) >= 11 is 1.48. The molecule has 1 fully saturated rings. The number of amides is 2. The highest BCUT2D eigenvalue weighted by atomic mass is 32.1. The normalized spacial score (nSPS) is 17.2. The summed E-state index contributed by atoms with van der Waals surface area (Å²) in [5.41, 5.74) is 5.24. The molecule has 5 nitrogen and oxygen atoms in total. The van der Waals surface area contributed by atoms with E-state index in [0.29, 0.717) is 11.6 Å². The lowest BCUT2D eigenvalue weighted by Gasteiger charge is -2.35. The van der Waals surface area contributed by atoms with Gasteiger partial charge in [-0.25, -0.2) is 4.98 Å². The molecule has 0 aromatic carbocycles. The van der Waals surface area contributed by atoms with E-state index in [-0.39, 0.29) is 11.3 Å². The van der Waals surface area contributed by atoms with E-state index < -0.39 is 5.91 Å². The van der Waals surface area contributed by atoms with E-state index in [1.54, 1.807) is 5.38 Å². The molecule has 20 heavy (non-hydrogen) atoms. The summed E-state index contributed by atoms with van der Waals surface area (Å²) in [4.78, 5) is 29.5. The van der Waals surface area contributed by atoms with E-state index in [1.807, 2.05) is 25.7 Å². The molecule has 2 N–H and O–H groups in total. The van der Waals surface area contributed by atoms with Gasteiger partial charge in [-0.2, -0.15) is 0 Å². The van der Waals surface area contributed by atoms with Gasteiger partial charge in [0.15, 0.2) is 0 Å². The zero-order valence-electron chi connectivity index (χ0n) is 12.2. The van der Waals surface area contributed by atoms with Crippen LogP contribution in [-0.4, -0.2) is 34.8 Å². The lowest BCUT2D eigenvalue weighted by Crippen LogP contribution is -2.43. The van der Waals surface area contributed by atoms with E-state index in [0.717, 1.165) is 30.9 Å². The molecule has 6 heteroatoms. The van der Waals surface area contributed by atoms with Crippen molar-refractivity contribution in [3.05, 3.63) is 16.1 Å². The number of aromatic nitrogens is 1. The molecular weight excluding hydrogens is 274 g/mol. The van der Waals surface area contributed by atoms with Crippen molar-refractivity contribution < 1.29 is 9.59 Å². The van der Waals surface area contributed by atoms with E-state index in [9.17, 15) is 9.59 Å². The molecule has 0 saturated carbocycles. The molecule has 2 heterocycles. The molecule has 1 aliphatic heterocycles. The van der Waals surface area contributed by atoms with E-state index >= 15 is 0 Å². The zero-order chi connectivity index (χ0) is 14.9. The van der Waals surface area contributed by atoms with Crippen LogP contribution in [-0.2, 0) is 4.79 Å². The Labute approximate surface area is 123 Å². The molecule has 0 aliphatic carbocycles. The Bertz CT molecular complexity index is 511. The molecule has 2 rings (SSSR count). The van der Waals surface area contributed by atoms with Gasteiger partial charge in [0, 0.05) is 29.8 Å². The predicted molar refractivity (Wildman–Crippen MR) is 78.6 cm³/mol. The van der Waals surface area contributed by atoms with Crippen molar-refractivity contribution in [2.24, 2.45) is 11.1 Å². The largest absolute Gasteiger partial charge is 0.364 e. The van der Waals surface area contributed by atoms with Gasteiger partial charge in [-0.05, 0) is 12.8 Å². The first-order chi connectivity index (χ1) is 9.29.